The molecule has 0 spiro atoms. The first-order chi connectivity index (χ1) is 8.75. The molecule has 1 heterocycles. The first kappa shape index (κ1) is 12.1. The molecule has 1 aromatic heterocycles. The van der Waals surface area contributed by atoms with Crippen LogP contribution < -0.4 is 5.32 Å². The molecule has 18 heavy (non-hydrogen) atoms. The van der Waals surface area contributed by atoms with E-state index in [1.165, 1.54) is 12.3 Å². The van der Waals surface area contributed by atoms with Crippen molar-refractivity contribution < 1.29 is 9.90 Å². The number of nitrogens with zero attached hydrogens (tertiary/aromatic N) is 1. The molecule has 0 fully saturated rings. The van der Waals surface area contributed by atoms with Crippen LogP contribution >= 0.6 is 0 Å². The number of nitrogens with one attached hydrogen (secondary N) is 1. The average Bonchev–Trinajstić information content (AvgIpc) is 2.40. The van der Waals surface area contributed by atoms with Crippen molar-refractivity contribution in [3.05, 3.63) is 59.9 Å². The van der Waals surface area contributed by atoms with E-state index in [-0.39, 0.29) is 5.56 Å². The van der Waals surface area contributed by atoms with E-state index in [0.29, 0.717) is 6.42 Å². The van der Waals surface area contributed by atoms with Crippen LogP contribution in [0.1, 0.15) is 16.1 Å². The minimum absolute atomic E-state index is 0.278. The SMILES string of the molecule is O=C(O)c1ccnc(CCNc2ccccc2)c1. The number of hydrogen-bond acceptors (Lipinski definition) is 3. The van der Waals surface area contributed by atoms with E-state index in [9.17, 15) is 4.79 Å². The molecule has 0 saturated heterocycles. The van der Waals surface area contributed by atoms with E-state index in [4.69, 9.17) is 5.11 Å². The van der Waals surface area contributed by atoms with Crippen molar-refractivity contribution in [1.82, 2.24) is 4.98 Å². The topological polar surface area (TPSA) is 62.2 Å². The van der Waals surface area contributed by atoms with Gasteiger partial charge in [-0.3, -0.25) is 4.98 Å². The zero-order valence-corrected chi connectivity index (χ0v) is 9.84. The molecule has 4 heteroatoms. The van der Waals surface area contributed by atoms with Crippen LogP contribution in [0.3, 0.4) is 0 Å². The van der Waals surface area contributed by atoms with Crippen LogP contribution in [-0.4, -0.2) is 22.6 Å². The Balaban J connectivity index is 1.90. The Morgan fingerprint density at radius 3 is 2.72 bits per heavy atom. The van der Waals surface area contributed by atoms with E-state index in [0.717, 1.165) is 17.9 Å². The first-order valence-electron chi connectivity index (χ1n) is 5.73. The standard InChI is InChI=1S/C14H14N2O2/c17-14(18)11-6-8-16-13(10-11)7-9-15-12-4-2-1-3-5-12/h1-6,8,10,15H,7,9H2,(H,17,18). The van der Waals surface area contributed by atoms with Crippen LogP contribution in [0.5, 0.6) is 0 Å². The van der Waals surface area contributed by atoms with Crippen molar-refractivity contribution in [2.24, 2.45) is 0 Å². The van der Waals surface area contributed by atoms with Crippen LogP contribution in [0, 0.1) is 0 Å². The van der Waals surface area contributed by atoms with Crippen molar-refractivity contribution in [1.29, 1.82) is 0 Å². The lowest BCUT2D eigenvalue weighted by Crippen LogP contribution is -2.07. The number of carboxylic acid groups (broad SMARTS) is 1. The Morgan fingerprint density at radius 1 is 1.22 bits per heavy atom. The fraction of sp³-hybridized carbons (Fsp3) is 0.143. The molecule has 2 rings (SSSR count). The number of carbonyl (C=O) groups is 1. The summed E-state index contributed by atoms with van der Waals surface area (Å²) in [6.45, 7) is 0.722. The highest BCUT2D eigenvalue weighted by Crippen LogP contribution is 2.06. The highest BCUT2D eigenvalue weighted by molar-refractivity contribution is 5.87. The number of anilines is 1. The van der Waals surface area contributed by atoms with Gasteiger partial charge in [-0.1, -0.05) is 18.2 Å². The Hall–Kier alpha value is -2.36. The Kier molecular flexibility index (Phi) is 3.91. The third-order valence-electron chi connectivity index (χ3n) is 2.55. The van der Waals surface area contributed by atoms with E-state index in [2.05, 4.69) is 10.3 Å². The lowest BCUT2D eigenvalue weighted by Gasteiger charge is -2.06. The monoisotopic (exact) mass is 242 g/mol. The molecule has 0 unspecified atom stereocenters. The highest BCUT2D eigenvalue weighted by Gasteiger charge is 2.03. The maximum atomic E-state index is 10.8. The van der Waals surface area contributed by atoms with Gasteiger partial charge in [0.05, 0.1) is 5.56 Å². The summed E-state index contributed by atoms with van der Waals surface area (Å²) in [6.07, 6.45) is 2.22. The van der Waals surface area contributed by atoms with Gasteiger partial charge in [-0.25, -0.2) is 4.79 Å². The third-order valence-corrected chi connectivity index (χ3v) is 2.55. The molecule has 1 aromatic carbocycles. The number of aromatic nitrogens is 1. The summed E-state index contributed by atoms with van der Waals surface area (Å²) in [5.74, 6) is -0.922. The molecule has 0 atom stereocenters. The molecule has 2 N–H and O–H groups in total. The van der Waals surface area contributed by atoms with Crippen LogP contribution in [0.25, 0.3) is 0 Å². The van der Waals surface area contributed by atoms with Crippen molar-refractivity contribution in [2.75, 3.05) is 11.9 Å². The first-order valence-corrected chi connectivity index (χ1v) is 5.73. The second-order valence-corrected chi connectivity index (χ2v) is 3.88. The fourth-order valence-corrected chi connectivity index (χ4v) is 1.64. The van der Waals surface area contributed by atoms with E-state index in [1.807, 2.05) is 30.3 Å². The van der Waals surface area contributed by atoms with Crippen LogP contribution in [0.2, 0.25) is 0 Å². The summed E-state index contributed by atoms with van der Waals surface area (Å²) < 4.78 is 0. The van der Waals surface area contributed by atoms with Crippen molar-refractivity contribution in [2.45, 2.75) is 6.42 Å². The molecule has 0 aliphatic carbocycles. The summed E-state index contributed by atoms with van der Waals surface area (Å²) in [4.78, 5) is 15.0. The van der Waals surface area contributed by atoms with Gasteiger partial charge < -0.3 is 10.4 Å². The lowest BCUT2D eigenvalue weighted by molar-refractivity contribution is 0.0696. The minimum atomic E-state index is -0.922. The summed E-state index contributed by atoms with van der Waals surface area (Å²) in [6, 6.07) is 13.0. The molecular weight excluding hydrogens is 228 g/mol. The molecule has 92 valence electrons. The minimum Gasteiger partial charge on any atom is -0.478 e. The van der Waals surface area contributed by atoms with Gasteiger partial charge in [0.1, 0.15) is 0 Å². The second kappa shape index (κ2) is 5.82. The molecular formula is C14H14N2O2. The molecule has 0 bridgehead atoms. The van der Waals surface area contributed by atoms with Gasteiger partial charge in [0.15, 0.2) is 0 Å². The van der Waals surface area contributed by atoms with E-state index in [1.54, 1.807) is 6.07 Å². The predicted molar refractivity (Wildman–Crippen MR) is 69.8 cm³/mol. The maximum absolute atomic E-state index is 10.8. The lowest BCUT2D eigenvalue weighted by atomic mass is 10.2. The molecule has 2 aromatic rings. The molecule has 0 aliphatic rings. The zero-order chi connectivity index (χ0) is 12.8. The number of carboxylic acids is 1. The number of benzene rings is 1. The molecule has 0 aliphatic heterocycles. The number of aromatic carboxylic acids is 1. The molecule has 0 radical (unpaired) electrons. The summed E-state index contributed by atoms with van der Waals surface area (Å²) in [7, 11) is 0. The van der Waals surface area contributed by atoms with Gasteiger partial charge in [-0.05, 0) is 24.3 Å². The van der Waals surface area contributed by atoms with Gasteiger partial charge in [0, 0.05) is 30.5 Å². The predicted octanol–water partition coefficient (Wildman–Crippen LogP) is 2.43. The number of pyridine rings is 1. The fourth-order valence-electron chi connectivity index (χ4n) is 1.64. The zero-order valence-electron chi connectivity index (χ0n) is 9.84. The van der Waals surface area contributed by atoms with Gasteiger partial charge in [0.2, 0.25) is 0 Å². The smallest absolute Gasteiger partial charge is 0.335 e. The van der Waals surface area contributed by atoms with Crippen LogP contribution in [0.15, 0.2) is 48.7 Å². The Bertz CT molecular complexity index is 526. The third kappa shape index (κ3) is 3.31. The Morgan fingerprint density at radius 2 is 2.00 bits per heavy atom. The van der Waals surface area contributed by atoms with Crippen molar-refractivity contribution in [3.63, 3.8) is 0 Å². The highest BCUT2D eigenvalue weighted by atomic mass is 16.4. The van der Waals surface area contributed by atoms with E-state index >= 15 is 0 Å². The van der Waals surface area contributed by atoms with Crippen molar-refractivity contribution >= 4 is 11.7 Å². The maximum Gasteiger partial charge on any atom is 0.335 e. The van der Waals surface area contributed by atoms with Gasteiger partial charge >= 0.3 is 5.97 Å². The average molecular weight is 242 g/mol. The number of rotatable bonds is 5. The summed E-state index contributed by atoms with van der Waals surface area (Å²) >= 11 is 0. The molecule has 0 saturated carbocycles. The molecule has 4 nitrogen and oxygen atoms in total. The Labute approximate surface area is 105 Å². The number of hydrogen-bond donors (Lipinski definition) is 2. The van der Waals surface area contributed by atoms with Crippen molar-refractivity contribution in [3.8, 4) is 0 Å². The van der Waals surface area contributed by atoms with E-state index < -0.39 is 5.97 Å². The van der Waals surface area contributed by atoms with Gasteiger partial charge in [-0.15, -0.1) is 0 Å². The second-order valence-electron chi connectivity index (χ2n) is 3.88. The largest absolute Gasteiger partial charge is 0.478 e. The molecule has 0 amide bonds. The summed E-state index contributed by atoms with van der Waals surface area (Å²) in [5.41, 5.74) is 2.10. The van der Waals surface area contributed by atoms with Gasteiger partial charge in [-0.2, -0.15) is 0 Å². The number of para-hydroxylation sites is 1. The van der Waals surface area contributed by atoms with Crippen LogP contribution in [-0.2, 0) is 6.42 Å². The quantitative estimate of drug-likeness (QED) is 0.845. The normalized spacial score (nSPS) is 10.0. The van der Waals surface area contributed by atoms with Gasteiger partial charge in [0.25, 0.3) is 0 Å². The van der Waals surface area contributed by atoms with Crippen LogP contribution in [0.4, 0.5) is 5.69 Å². The summed E-state index contributed by atoms with van der Waals surface area (Å²) in [5, 5.41) is 12.1.